The summed E-state index contributed by atoms with van der Waals surface area (Å²) in [4.78, 5) is 24.9. The zero-order chi connectivity index (χ0) is 17.4. The fourth-order valence-corrected chi connectivity index (χ4v) is 3.35. The SMILES string of the molecule is CC(C)C(=O)[C@@H]1OB([C@@H]2C[C@H]2c2ccccc2)O[C@H]1C(=O)C(C)C. The van der Waals surface area contributed by atoms with Crippen molar-refractivity contribution < 1.29 is 18.9 Å². The molecule has 3 rings (SSSR count). The summed E-state index contributed by atoms with van der Waals surface area (Å²) in [5.74, 6) is 0.161. The van der Waals surface area contributed by atoms with E-state index in [1.165, 1.54) is 5.56 Å². The molecule has 0 spiro atoms. The van der Waals surface area contributed by atoms with Crippen LogP contribution in [-0.4, -0.2) is 30.9 Å². The van der Waals surface area contributed by atoms with E-state index in [1.54, 1.807) is 0 Å². The number of hydrogen-bond donors (Lipinski definition) is 0. The molecule has 1 aliphatic carbocycles. The Morgan fingerprint density at radius 1 is 0.958 bits per heavy atom. The number of ketones is 2. The molecule has 1 aromatic carbocycles. The summed E-state index contributed by atoms with van der Waals surface area (Å²) < 4.78 is 11.9. The fraction of sp³-hybridized carbons (Fsp3) is 0.579. The average Bonchev–Trinajstić information content (AvgIpc) is 3.25. The predicted molar refractivity (Wildman–Crippen MR) is 92.7 cm³/mol. The molecule has 0 bridgehead atoms. The molecule has 4 atom stereocenters. The highest BCUT2D eigenvalue weighted by Gasteiger charge is 2.57. The molecule has 0 unspecified atom stereocenters. The highest BCUT2D eigenvalue weighted by molar-refractivity contribution is 6.49. The molecule has 1 saturated heterocycles. The molecule has 128 valence electrons. The Labute approximate surface area is 144 Å². The first-order valence-electron chi connectivity index (χ1n) is 8.83. The lowest BCUT2D eigenvalue weighted by molar-refractivity contribution is -0.138. The van der Waals surface area contributed by atoms with Crippen LogP contribution in [0.3, 0.4) is 0 Å². The monoisotopic (exact) mass is 328 g/mol. The van der Waals surface area contributed by atoms with Crippen LogP contribution in [0.15, 0.2) is 30.3 Å². The summed E-state index contributed by atoms with van der Waals surface area (Å²) in [6.45, 7) is 7.33. The molecule has 1 saturated carbocycles. The second-order valence-corrected chi connectivity index (χ2v) is 7.51. The van der Waals surface area contributed by atoms with Gasteiger partial charge >= 0.3 is 7.12 Å². The Morgan fingerprint density at radius 3 is 1.92 bits per heavy atom. The molecule has 1 aromatic rings. The van der Waals surface area contributed by atoms with Crippen molar-refractivity contribution in [1.82, 2.24) is 0 Å². The topological polar surface area (TPSA) is 52.6 Å². The van der Waals surface area contributed by atoms with Crippen LogP contribution in [0, 0.1) is 11.8 Å². The van der Waals surface area contributed by atoms with E-state index in [-0.39, 0.29) is 29.2 Å². The normalized spacial score (nSPS) is 29.3. The maximum absolute atomic E-state index is 12.5. The van der Waals surface area contributed by atoms with Gasteiger partial charge in [0.1, 0.15) is 12.2 Å². The van der Waals surface area contributed by atoms with Crippen LogP contribution in [0.5, 0.6) is 0 Å². The number of Topliss-reactive ketones (excluding diaryl/α,β-unsaturated/α-hetero) is 2. The van der Waals surface area contributed by atoms with Gasteiger partial charge in [-0.25, -0.2) is 0 Å². The Morgan fingerprint density at radius 2 is 1.46 bits per heavy atom. The maximum Gasteiger partial charge on any atom is 0.462 e. The van der Waals surface area contributed by atoms with Crippen LogP contribution in [0.4, 0.5) is 0 Å². The summed E-state index contributed by atoms with van der Waals surface area (Å²) >= 11 is 0. The lowest BCUT2D eigenvalue weighted by atomic mass is 9.80. The van der Waals surface area contributed by atoms with Crippen molar-refractivity contribution in [3.63, 3.8) is 0 Å². The summed E-state index contributed by atoms with van der Waals surface area (Å²) in [6, 6.07) is 10.3. The zero-order valence-corrected chi connectivity index (χ0v) is 14.8. The van der Waals surface area contributed by atoms with E-state index < -0.39 is 19.3 Å². The van der Waals surface area contributed by atoms with Crippen LogP contribution in [0.1, 0.15) is 45.6 Å². The van der Waals surface area contributed by atoms with Crippen LogP contribution in [0.25, 0.3) is 0 Å². The molecule has 4 nitrogen and oxygen atoms in total. The molecule has 24 heavy (non-hydrogen) atoms. The van der Waals surface area contributed by atoms with Gasteiger partial charge in [0.2, 0.25) is 0 Å². The van der Waals surface area contributed by atoms with E-state index in [2.05, 4.69) is 12.1 Å². The van der Waals surface area contributed by atoms with E-state index >= 15 is 0 Å². The number of carbonyl (C=O) groups is 2. The van der Waals surface area contributed by atoms with Crippen molar-refractivity contribution in [1.29, 1.82) is 0 Å². The van der Waals surface area contributed by atoms with Crippen LogP contribution < -0.4 is 0 Å². The van der Waals surface area contributed by atoms with Gasteiger partial charge in [0.25, 0.3) is 0 Å². The molecule has 0 N–H and O–H groups in total. The van der Waals surface area contributed by atoms with Gasteiger partial charge in [-0.1, -0.05) is 58.0 Å². The van der Waals surface area contributed by atoms with Gasteiger partial charge in [0, 0.05) is 17.7 Å². The Hall–Kier alpha value is -1.46. The number of hydrogen-bond acceptors (Lipinski definition) is 4. The number of rotatable bonds is 6. The second kappa shape index (κ2) is 6.81. The summed E-state index contributed by atoms with van der Waals surface area (Å²) in [7, 11) is -0.462. The zero-order valence-electron chi connectivity index (χ0n) is 14.8. The molecule has 0 aromatic heterocycles. The molecule has 2 aliphatic rings. The smallest absolute Gasteiger partial charge is 0.398 e. The lowest BCUT2D eigenvalue weighted by Crippen LogP contribution is -2.41. The first kappa shape index (κ1) is 17.4. The van der Waals surface area contributed by atoms with Crippen molar-refractivity contribution in [3.05, 3.63) is 35.9 Å². The van der Waals surface area contributed by atoms with Gasteiger partial charge in [0.05, 0.1) is 0 Å². The Kier molecular flexibility index (Phi) is 4.93. The third-order valence-corrected chi connectivity index (χ3v) is 4.95. The lowest BCUT2D eigenvalue weighted by Gasteiger charge is -2.19. The van der Waals surface area contributed by atoms with Crippen molar-refractivity contribution in [2.24, 2.45) is 11.8 Å². The maximum atomic E-state index is 12.5. The van der Waals surface area contributed by atoms with E-state index in [1.807, 2.05) is 45.9 Å². The first-order chi connectivity index (χ1) is 11.4. The first-order valence-corrected chi connectivity index (χ1v) is 8.83. The molecule has 0 amide bonds. The molecule has 1 heterocycles. The van der Waals surface area contributed by atoms with Crippen molar-refractivity contribution in [2.75, 3.05) is 0 Å². The van der Waals surface area contributed by atoms with Crippen molar-refractivity contribution in [3.8, 4) is 0 Å². The van der Waals surface area contributed by atoms with Gasteiger partial charge in [-0.2, -0.15) is 0 Å². The minimum Gasteiger partial charge on any atom is -0.398 e. The summed E-state index contributed by atoms with van der Waals surface area (Å²) in [5, 5.41) is 0. The van der Waals surface area contributed by atoms with Crippen LogP contribution >= 0.6 is 0 Å². The fourth-order valence-electron chi connectivity index (χ4n) is 3.35. The van der Waals surface area contributed by atoms with Gasteiger partial charge in [-0.05, 0) is 17.9 Å². The highest BCUT2D eigenvalue weighted by atomic mass is 16.7. The second-order valence-electron chi connectivity index (χ2n) is 7.51. The average molecular weight is 328 g/mol. The molecule has 0 radical (unpaired) electrons. The standard InChI is InChI=1S/C19H25BO4/c1-11(2)16(21)18-19(17(22)12(3)4)24-20(23-18)15-10-14(15)13-8-6-5-7-9-13/h5-9,11-12,14-15,18-19H,10H2,1-4H3/t14-,15+,18-,19-/m0/s1. The van der Waals surface area contributed by atoms with Gasteiger partial charge in [0.15, 0.2) is 11.6 Å². The predicted octanol–water partition coefficient (Wildman–Crippen LogP) is 3.27. The molecule has 2 fully saturated rings. The molecular formula is C19H25BO4. The highest BCUT2D eigenvalue weighted by Crippen LogP contribution is 2.56. The van der Waals surface area contributed by atoms with Crippen LogP contribution in [0.2, 0.25) is 5.82 Å². The third-order valence-electron chi connectivity index (χ3n) is 4.95. The van der Waals surface area contributed by atoms with E-state index in [9.17, 15) is 9.59 Å². The Balaban J connectivity index is 1.73. The van der Waals surface area contributed by atoms with Crippen molar-refractivity contribution >= 4 is 18.7 Å². The molecule has 5 heteroatoms. The van der Waals surface area contributed by atoms with Crippen LogP contribution in [-0.2, 0) is 18.9 Å². The van der Waals surface area contributed by atoms with Gasteiger partial charge in [-0.3, -0.25) is 9.59 Å². The van der Waals surface area contributed by atoms with Gasteiger partial charge < -0.3 is 9.31 Å². The van der Waals surface area contributed by atoms with E-state index in [4.69, 9.17) is 9.31 Å². The minimum absolute atomic E-state index is 0.0478. The van der Waals surface area contributed by atoms with Crippen molar-refractivity contribution in [2.45, 2.75) is 58.1 Å². The largest absolute Gasteiger partial charge is 0.462 e. The van der Waals surface area contributed by atoms with E-state index in [0.717, 1.165) is 6.42 Å². The minimum atomic E-state index is -0.762. The van der Waals surface area contributed by atoms with E-state index in [0.29, 0.717) is 5.92 Å². The molecule has 1 aliphatic heterocycles. The number of benzene rings is 1. The third kappa shape index (κ3) is 3.33. The number of carbonyl (C=O) groups excluding carboxylic acids is 2. The van der Waals surface area contributed by atoms with Gasteiger partial charge in [-0.15, -0.1) is 0 Å². The Bertz CT molecular complexity index is 585. The molecular weight excluding hydrogens is 303 g/mol. The summed E-state index contributed by atoms with van der Waals surface area (Å²) in [5.41, 5.74) is 1.26. The summed E-state index contributed by atoms with van der Waals surface area (Å²) in [6.07, 6.45) is -0.552. The quantitative estimate of drug-likeness (QED) is 0.752.